The Labute approximate surface area is 90.0 Å². The van der Waals surface area contributed by atoms with Gasteiger partial charge in [-0.2, -0.15) is 0 Å². The van der Waals surface area contributed by atoms with Gasteiger partial charge < -0.3 is 4.74 Å². The second kappa shape index (κ2) is 4.33. The van der Waals surface area contributed by atoms with Crippen LogP contribution in [0.5, 0.6) is 0 Å². The molecule has 82 valence electrons. The Balaban J connectivity index is 2.01. The van der Waals surface area contributed by atoms with Crippen molar-refractivity contribution in [3.05, 3.63) is 35.9 Å². The highest BCUT2D eigenvalue weighted by molar-refractivity contribution is 7.91. The topological polar surface area (TPSA) is 43.4 Å². The molecule has 0 amide bonds. The smallest absolute Gasteiger partial charge is 0.155 e. The van der Waals surface area contributed by atoms with Crippen LogP contribution < -0.4 is 0 Å². The first-order chi connectivity index (χ1) is 7.16. The molecule has 0 N–H and O–H groups in total. The van der Waals surface area contributed by atoms with E-state index in [4.69, 9.17) is 4.74 Å². The predicted molar refractivity (Wildman–Crippen MR) is 58.5 cm³/mol. The molecular formula is C11H14O3S. The van der Waals surface area contributed by atoms with Crippen molar-refractivity contribution in [2.45, 2.75) is 12.5 Å². The molecule has 1 aromatic carbocycles. The van der Waals surface area contributed by atoms with Gasteiger partial charge in [-0.3, -0.25) is 0 Å². The first-order valence-corrected chi connectivity index (χ1v) is 6.84. The Morgan fingerprint density at radius 3 is 2.67 bits per heavy atom. The predicted octanol–water partition coefficient (Wildman–Crippen LogP) is 1.04. The minimum Gasteiger partial charge on any atom is -0.376 e. The van der Waals surface area contributed by atoms with E-state index >= 15 is 0 Å². The van der Waals surface area contributed by atoms with E-state index in [1.807, 2.05) is 30.3 Å². The lowest BCUT2D eigenvalue weighted by atomic mass is 10.1. The van der Waals surface area contributed by atoms with Crippen LogP contribution in [0.3, 0.4) is 0 Å². The van der Waals surface area contributed by atoms with E-state index in [2.05, 4.69) is 0 Å². The zero-order chi connectivity index (χ0) is 10.7. The second-order valence-corrected chi connectivity index (χ2v) is 6.03. The number of benzene rings is 1. The summed E-state index contributed by atoms with van der Waals surface area (Å²) in [5.41, 5.74) is 1.12. The average molecular weight is 226 g/mol. The third-order valence-corrected chi connectivity index (χ3v) is 4.16. The molecule has 1 atom stereocenters. The molecule has 3 nitrogen and oxygen atoms in total. The minimum atomic E-state index is -2.88. The molecule has 1 aromatic rings. The van der Waals surface area contributed by atoms with Crippen molar-refractivity contribution >= 4 is 9.84 Å². The maximum absolute atomic E-state index is 11.4. The van der Waals surface area contributed by atoms with Gasteiger partial charge in [0.1, 0.15) is 0 Å². The van der Waals surface area contributed by atoms with Gasteiger partial charge >= 0.3 is 0 Å². The molecule has 4 heteroatoms. The Morgan fingerprint density at radius 1 is 1.27 bits per heavy atom. The molecule has 1 aliphatic rings. The summed E-state index contributed by atoms with van der Waals surface area (Å²) in [6, 6.07) is 9.83. The maximum atomic E-state index is 11.4. The van der Waals surface area contributed by atoms with Crippen molar-refractivity contribution in [2.75, 3.05) is 18.1 Å². The van der Waals surface area contributed by atoms with Gasteiger partial charge in [-0.1, -0.05) is 30.3 Å². The van der Waals surface area contributed by atoms with Crippen LogP contribution in [-0.2, 0) is 21.0 Å². The van der Waals surface area contributed by atoms with Crippen LogP contribution in [0.15, 0.2) is 30.3 Å². The van der Waals surface area contributed by atoms with E-state index in [1.54, 1.807) is 0 Å². The first kappa shape index (κ1) is 10.6. The molecule has 2 rings (SSSR count). The van der Waals surface area contributed by atoms with Gasteiger partial charge in [0.25, 0.3) is 0 Å². The third-order valence-electron chi connectivity index (χ3n) is 2.49. The molecule has 1 saturated heterocycles. The molecule has 1 fully saturated rings. The van der Waals surface area contributed by atoms with Crippen LogP contribution in [0.2, 0.25) is 0 Å². The lowest BCUT2D eigenvalue weighted by molar-refractivity contribution is 0.0723. The summed E-state index contributed by atoms with van der Waals surface area (Å²) in [6.45, 7) is 0.333. The highest BCUT2D eigenvalue weighted by Gasteiger charge is 2.25. The number of sulfone groups is 1. The summed E-state index contributed by atoms with van der Waals surface area (Å²) in [4.78, 5) is 0. The van der Waals surface area contributed by atoms with E-state index in [0.29, 0.717) is 13.0 Å². The summed E-state index contributed by atoms with van der Waals surface area (Å²) in [5.74, 6) is 0.320. The molecule has 0 aromatic heterocycles. The molecule has 1 heterocycles. The summed E-state index contributed by atoms with van der Waals surface area (Å²) in [5, 5.41) is 0. The molecule has 0 aliphatic carbocycles. The molecule has 0 radical (unpaired) electrons. The first-order valence-electron chi connectivity index (χ1n) is 5.02. The Bertz CT molecular complexity index is 411. The van der Waals surface area contributed by atoms with E-state index in [-0.39, 0.29) is 17.6 Å². The van der Waals surface area contributed by atoms with Crippen molar-refractivity contribution in [1.82, 2.24) is 0 Å². The van der Waals surface area contributed by atoms with Crippen LogP contribution in [0.4, 0.5) is 0 Å². The number of hydrogen-bond donors (Lipinski definition) is 0. The number of ether oxygens (including phenoxy) is 1. The zero-order valence-corrected chi connectivity index (χ0v) is 9.24. The quantitative estimate of drug-likeness (QED) is 0.757. The fraction of sp³-hybridized carbons (Fsp3) is 0.455. The van der Waals surface area contributed by atoms with Crippen LogP contribution >= 0.6 is 0 Å². The second-order valence-electron chi connectivity index (χ2n) is 3.80. The summed E-state index contributed by atoms with van der Waals surface area (Å²) in [7, 11) is -2.88. The average Bonchev–Trinajstić information content (AvgIpc) is 2.17. The van der Waals surface area contributed by atoms with Crippen molar-refractivity contribution in [1.29, 1.82) is 0 Å². The molecule has 15 heavy (non-hydrogen) atoms. The Morgan fingerprint density at radius 2 is 2.00 bits per heavy atom. The summed E-state index contributed by atoms with van der Waals surface area (Å²) in [6.07, 6.45) is 0.506. The standard InChI is InChI=1S/C11H14O3S/c12-15(13)7-6-14-11(9-15)8-10-4-2-1-3-5-10/h1-5,11H,6-9H2. The van der Waals surface area contributed by atoms with Crippen molar-refractivity contribution in [3.8, 4) is 0 Å². The molecule has 0 spiro atoms. The van der Waals surface area contributed by atoms with Gasteiger partial charge in [0, 0.05) is 0 Å². The molecule has 0 saturated carbocycles. The monoisotopic (exact) mass is 226 g/mol. The van der Waals surface area contributed by atoms with Crippen molar-refractivity contribution in [2.24, 2.45) is 0 Å². The van der Waals surface area contributed by atoms with Gasteiger partial charge in [-0.25, -0.2) is 8.42 Å². The lowest BCUT2D eigenvalue weighted by Gasteiger charge is -2.22. The SMILES string of the molecule is O=S1(=O)CCOC(Cc2ccccc2)C1. The number of rotatable bonds is 2. The van der Waals surface area contributed by atoms with Crippen LogP contribution in [0.1, 0.15) is 5.56 Å². The van der Waals surface area contributed by atoms with Gasteiger partial charge in [0.2, 0.25) is 0 Å². The maximum Gasteiger partial charge on any atom is 0.155 e. The normalized spacial score (nSPS) is 24.9. The van der Waals surface area contributed by atoms with Gasteiger partial charge in [0.15, 0.2) is 9.84 Å². The lowest BCUT2D eigenvalue weighted by Crippen LogP contribution is -2.35. The minimum absolute atomic E-state index is 0.155. The highest BCUT2D eigenvalue weighted by Crippen LogP contribution is 2.12. The summed E-state index contributed by atoms with van der Waals surface area (Å²) >= 11 is 0. The fourth-order valence-corrected chi connectivity index (χ4v) is 3.05. The number of hydrogen-bond acceptors (Lipinski definition) is 3. The Hall–Kier alpha value is -0.870. The van der Waals surface area contributed by atoms with Gasteiger partial charge in [-0.05, 0) is 12.0 Å². The molecule has 1 unspecified atom stereocenters. The molecular weight excluding hydrogens is 212 g/mol. The van der Waals surface area contributed by atoms with Crippen LogP contribution in [0.25, 0.3) is 0 Å². The van der Waals surface area contributed by atoms with E-state index in [9.17, 15) is 8.42 Å². The van der Waals surface area contributed by atoms with Crippen LogP contribution in [0, 0.1) is 0 Å². The fourth-order valence-electron chi connectivity index (χ4n) is 1.75. The zero-order valence-electron chi connectivity index (χ0n) is 8.43. The molecule has 0 bridgehead atoms. The van der Waals surface area contributed by atoms with Crippen LogP contribution in [-0.4, -0.2) is 32.6 Å². The van der Waals surface area contributed by atoms with Crippen molar-refractivity contribution in [3.63, 3.8) is 0 Å². The van der Waals surface area contributed by atoms with Crippen molar-refractivity contribution < 1.29 is 13.2 Å². The Kier molecular flexibility index (Phi) is 3.07. The summed E-state index contributed by atoms with van der Waals surface area (Å²) < 4.78 is 28.2. The third kappa shape index (κ3) is 3.04. The largest absolute Gasteiger partial charge is 0.376 e. The van der Waals surface area contributed by atoms with E-state index < -0.39 is 9.84 Å². The molecule has 1 aliphatic heterocycles. The van der Waals surface area contributed by atoms with E-state index in [1.165, 1.54) is 0 Å². The highest BCUT2D eigenvalue weighted by atomic mass is 32.2. The van der Waals surface area contributed by atoms with Gasteiger partial charge in [0.05, 0.1) is 24.2 Å². The van der Waals surface area contributed by atoms with E-state index in [0.717, 1.165) is 5.56 Å². The van der Waals surface area contributed by atoms with Gasteiger partial charge in [-0.15, -0.1) is 0 Å².